The summed E-state index contributed by atoms with van der Waals surface area (Å²) < 4.78 is 0. The second kappa shape index (κ2) is 5.91. The van der Waals surface area contributed by atoms with Crippen LogP contribution >= 0.6 is 0 Å². The van der Waals surface area contributed by atoms with Crippen molar-refractivity contribution < 1.29 is 5.11 Å². The Balaban J connectivity index is 1.84. The van der Waals surface area contributed by atoms with E-state index in [0.717, 1.165) is 0 Å². The zero-order valence-electron chi connectivity index (χ0n) is 16.2. The molecule has 4 heterocycles. The molecule has 1 aliphatic rings. The van der Waals surface area contributed by atoms with Gasteiger partial charge in [-0.15, -0.1) is 15.3 Å². The van der Waals surface area contributed by atoms with Crippen LogP contribution in [0.5, 0.6) is 0 Å². The maximum absolute atomic E-state index is 10.4. The third-order valence-electron chi connectivity index (χ3n) is 4.77. The first kappa shape index (κ1) is 17.7. The van der Waals surface area contributed by atoms with Gasteiger partial charge >= 0.3 is 0 Å². The molecule has 0 spiro atoms. The van der Waals surface area contributed by atoms with Gasteiger partial charge in [-0.25, -0.2) is 15.1 Å². The van der Waals surface area contributed by atoms with E-state index in [9.17, 15) is 5.11 Å². The minimum absolute atomic E-state index is 0.241. The van der Waals surface area contributed by atoms with Crippen molar-refractivity contribution in [2.45, 2.75) is 58.1 Å². The fourth-order valence-corrected chi connectivity index (χ4v) is 3.12. The summed E-state index contributed by atoms with van der Waals surface area (Å²) in [5.41, 5.74) is 0.152. The number of hydrogen-bond donors (Lipinski definition) is 2. The molecule has 144 valence electrons. The fourth-order valence-electron chi connectivity index (χ4n) is 3.12. The van der Waals surface area contributed by atoms with Crippen molar-refractivity contribution in [1.29, 1.82) is 0 Å². The molecule has 3 aromatic heterocycles. The molecule has 11 nitrogen and oxygen atoms in total. The van der Waals surface area contributed by atoms with Crippen LogP contribution in [0.4, 0.5) is 5.82 Å². The summed E-state index contributed by atoms with van der Waals surface area (Å²) in [6, 6.07) is -0.276. The maximum atomic E-state index is 10.4. The minimum Gasteiger partial charge on any atom is -0.388 e. The molecule has 11 heteroatoms. The van der Waals surface area contributed by atoms with Crippen LogP contribution in [0.3, 0.4) is 0 Å². The Morgan fingerprint density at radius 1 is 1.22 bits per heavy atom. The Labute approximate surface area is 156 Å². The predicted octanol–water partition coefficient (Wildman–Crippen LogP) is 0.602. The van der Waals surface area contributed by atoms with E-state index in [1.165, 1.54) is 0 Å². The van der Waals surface area contributed by atoms with Gasteiger partial charge in [0.1, 0.15) is 11.9 Å². The van der Waals surface area contributed by atoms with E-state index in [-0.39, 0.29) is 11.5 Å². The number of aromatic nitrogens is 9. The van der Waals surface area contributed by atoms with E-state index < -0.39 is 5.60 Å². The van der Waals surface area contributed by atoms with Crippen molar-refractivity contribution in [1.82, 2.24) is 45.6 Å². The first-order valence-electron chi connectivity index (χ1n) is 9.00. The Morgan fingerprint density at radius 3 is 2.59 bits per heavy atom. The third kappa shape index (κ3) is 3.22. The predicted molar refractivity (Wildman–Crippen MR) is 97.3 cm³/mol. The van der Waals surface area contributed by atoms with Crippen molar-refractivity contribution >= 4 is 17.0 Å². The number of nitrogens with zero attached hydrogens (tertiary/aromatic N) is 9. The minimum atomic E-state index is -0.742. The monoisotopic (exact) mass is 372 g/mol. The Kier molecular flexibility index (Phi) is 3.88. The van der Waals surface area contributed by atoms with Crippen molar-refractivity contribution in [3.63, 3.8) is 0 Å². The van der Waals surface area contributed by atoms with Gasteiger partial charge < -0.3 is 10.0 Å². The molecule has 1 unspecified atom stereocenters. The molecule has 4 rings (SSSR count). The molecule has 2 atom stereocenters. The Bertz CT molecular complexity index is 956. The number of hydrogen-bond acceptors (Lipinski definition) is 9. The molecule has 0 radical (unpaired) electrons. The number of H-pyrrole nitrogens is 1. The number of nitrogens with one attached hydrogen (secondary N) is 1. The third-order valence-corrected chi connectivity index (χ3v) is 4.77. The van der Waals surface area contributed by atoms with Gasteiger partial charge in [0.15, 0.2) is 17.2 Å². The average Bonchev–Trinajstić information content (AvgIpc) is 3.31. The lowest BCUT2D eigenvalue weighted by molar-refractivity contribution is 0.0839. The lowest BCUT2D eigenvalue weighted by Gasteiger charge is -2.22. The smallest absolute Gasteiger partial charge is 0.207 e. The molecule has 3 aromatic rings. The van der Waals surface area contributed by atoms with Crippen LogP contribution in [0.2, 0.25) is 0 Å². The van der Waals surface area contributed by atoms with Gasteiger partial charge in [0, 0.05) is 18.5 Å². The zero-order chi connectivity index (χ0) is 19.4. The number of aliphatic hydroxyl groups is 1. The molecule has 0 aliphatic carbocycles. The van der Waals surface area contributed by atoms with Gasteiger partial charge in [0.2, 0.25) is 5.65 Å². The van der Waals surface area contributed by atoms with Crippen LogP contribution in [0.15, 0.2) is 0 Å². The van der Waals surface area contributed by atoms with E-state index >= 15 is 0 Å². The van der Waals surface area contributed by atoms with Gasteiger partial charge in [-0.3, -0.25) is 0 Å². The van der Waals surface area contributed by atoms with Crippen molar-refractivity contribution in [3.05, 3.63) is 11.6 Å². The molecular weight excluding hydrogens is 348 g/mol. The molecule has 0 aromatic carbocycles. The highest BCUT2D eigenvalue weighted by atomic mass is 16.3. The molecule has 0 amide bonds. The molecule has 1 fully saturated rings. The fraction of sp³-hybridized carbons (Fsp3) is 0.688. The van der Waals surface area contributed by atoms with Crippen LogP contribution < -0.4 is 4.90 Å². The molecule has 0 saturated carbocycles. The van der Waals surface area contributed by atoms with E-state index in [1.807, 2.05) is 13.8 Å². The number of aromatic amines is 1. The van der Waals surface area contributed by atoms with Gasteiger partial charge in [0.05, 0.1) is 5.60 Å². The molecular formula is C16H24N10O. The van der Waals surface area contributed by atoms with Crippen molar-refractivity contribution in [3.8, 4) is 0 Å². The zero-order valence-corrected chi connectivity index (χ0v) is 16.2. The quantitative estimate of drug-likeness (QED) is 0.677. The van der Waals surface area contributed by atoms with E-state index in [1.54, 1.807) is 4.80 Å². The number of fused-ring (bicyclic) bond motifs is 1. The molecule has 0 bridgehead atoms. The Morgan fingerprint density at radius 2 is 2.00 bits per heavy atom. The van der Waals surface area contributed by atoms with Crippen LogP contribution in [-0.4, -0.2) is 69.4 Å². The summed E-state index contributed by atoms with van der Waals surface area (Å²) in [4.78, 5) is 13.0. The standard InChI is InChI=1S/C16H24N10O/c1-9(11-19-23-24-20-11)26-21-10-12(22-26)17-14(15(2,3)4)18-13(10)25-7-6-16(5,27)8-25/h9,27H,6-8H2,1-5H3,(H,19,20,23,24)/t9?,16-/m0/s1. The summed E-state index contributed by atoms with van der Waals surface area (Å²) in [5, 5.41) is 33.5. The first-order chi connectivity index (χ1) is 12.6. The van der Waals surface area contributed by atoms with Gasteiger partial charge in [-0.05, 0) is 30.7 Å². The summed E-state index contributed by atoms with van der Waals surface area (Å²) in [6.07, 6.45) is 0.678. The number of β-amino-alcohol motifs (C(OH)–C–C–N with tert-alkyl or cyclic N) is 1. The van der Waals surface area contributed by atoms with Crippen LogP contribution in [0.1, 0.15) is 58.7 Å². The maximum Gasteiger partial charge on any atom is 0.207 e. The number of tetrazole rings is 1. The van der Waals surface area contributed by atoms with E-state index in [2.05, 4.69) is 61.5 Å². The molecule has 1 saturated heterocycles. The summed E-state index contributed by atoms with van der Waals surface area (Å²) in [5.74, 6) is 1.96. The second-order valence-electron chi connectivity index (χ2n) is 8.44. The summed E-state index contributed by atoms with van der Waals surface area (Å²) in [6.45, 7) is 11.1. The topological polar surface area (TPSA) is 134 Å². The largest absolute Gasteiger partial charge is 0.388 e. The van der Waals surface area contributed by atoms with Crippen LogP contribution in [0.25, 0.3) is 11.2 Å². The van der Waals surface area contributed by atoms with Crippen molar-refractivity contribution in [2.24, 2.45) is 0 Å². The SMILES string of the molecule is CC(c1nnn[nH]1)n1nc2nc(C(C)(C)C)nc(N3CC[C@](C)(O)C3)c2n1. The van der Waals surface area contributed by atoms with Crippen LogP contribution in [-0.2, 0) is 5.41 Å². The summed E-state index contributed by atoms with van der Waals surface area (Å²) >= 11 is 0. The molecule has 27 heavy (non-hydrogen) atoms. The van der Waals surface area contributed by atoms with E-state index in [4.69, 9.17) is 4.98 Å². The number of anilines is 1. The first-order valence-corrected chi connectivity index (χ1v) is 9.00. The Hall–Kier alpha value is -2.69. The van der Waals surface area contributed by atoms with Gasteiger partial charge in [0.25, 0.3) is 0 Å². The van der Waals surface area contributed by atoms with Crippen molar-refractivity contribution in [2.75, 3.05) is 18.0 Å². The highest BCUT2D eigenvalue weighted by Crippen LogP contribution is 2.31. The normalized spacial score (nSPS) is 21.9. The molecule has 2 N–H and O–H groups in total. The van der Waals surface area contributed by atoms with E-state index in [0.29, 0.717) is 48.1 Å². The summed E-state index contributed by atoms with van der Waals surface area (Å²) in [7, 11) is 0. The highest BCUT2D eigenvalue weighted by molar-refractivity contribution is 5.83. The number of rotatable bonds is 3. The second-order valence-corrected chi connectivity index (χ2v) is 8.44. The van der Waals surface area contributed by atoms with Gasteiger partial charge in [-0.2, -0.15) is 4.80 Å². The lowest BCUT2D eigenvalue weighted by Crippen LogP contribution is -2.31. The average molecular weight is 372 g/mol. The highest BCUT2D eigenvalue weighted by Gasteiger charge is 2.35. The van der Waals surface area contributed by atoms with Crippen LogP contribution in [0, 0.1) is 0 Å². The van der Waals surface area contributed by atoms with Gasteiger partial charge in [-0.1, -0.05) is 20.8 Å². The molecule has 1 aliphatic heterocycles. The lowest BCUT2D eigenvalue weighted by atomic mass is 9.96.